The smallest absolute Gasteiger partial charge is 0.256 e. The van der Waals surface area contributed by atoms with Gasteiger partial charge in [0.1, 0.15) is 5.82 Å². The highest BCUT2D eigenvalue weighted by Crippen LogP contribution is 2.25. The molecule has 1 atom stereocenters. The van der Waals surface area contributed by atoms with E-state index in [1.165, 1.54) is 6.07 Å². The molecule has 1 amide bonds. The summed E-state index contributed by atoms with van der Waals surface area (Å²) in [5.74, 6) is -0.403. The van der Waals surface area contributed by atoms with E-state index in [-0.39, 0.29) is 17.8 Å². The molecule has 0 spiro atoms. The van der Waals surface area contributed by atoms with Crippen LogP contribution in [0.4, 0.5) is 10.1 Å². The average molecular weight is 292 g/mol. The SMILES string of the molecule is CCCNc1c(F)cccc1C(=O)N1CCCCCC1C. The molecule has 1 aliphatic heterocycles. The minimum atomic E-state index is -0.350. The summed E-state index contributed by atoms with van der Waals surface area (Å²) in [5, 5.41) is 3.06. The number of carbonyl (C=O) groups is 1. The van der Waals surface area contributed by atoms with Gasteiger partial charge in [0.25, 0.3) is 5.91 Å². The Hall–Kier alpha value is -1.58. The maximum absolute atomic E-state index is 14.0. The Bertz CT molecular complexity index is 490. The Morgan fingerprint density at radius 2 is 2.19 bits per heavy atom. The van der Waals surface area contributed by atoms with Crippen molar-refractivity contribution in [3.63, 3.8) is 0 Å². The zero-order valence-corrected chi connectivity index (χ0v) is 13.0. The van der Waals surface area contributed by atoms with Crippen LogP contribution in [0.5, 0.6) is 0 Å². The summed E-state index contributed by atoms with van der Waals surface area (Å²) in [6.07, 6.45) is 5.28. The third-order valence-electron chi connectivity index (χ3n) is 4.11. The molecule has 0 bridgehead atoms. The van der Waals surface area contributed by atoms with Crippen molar-refractivity contribution in [3.8, 4) is 0 Å². The largest absolute Gasteiger partial charge is 0.382 e. The third-order valence-corrected chi connectivity index (χ3v) is 4.11. The van der Waals surface area contributed by atoms with Crippen molar-refractivity contribution in [2.45, 2.75) is 52.0 Å². The molecule has 1 aromatic carbocycles. The Balaban J connectivity index is 2.27. The molecule has 1 fully saturated rings. The van der Waals surface area contributed by atoms with Gasteiger partial charge in [0.05, 0.1) is 11.3 Å². The van der Waals surface area contributed by atoms with E-state index in [4.69, 9.17) is 0 Å². The number of nitrogens with one attached hydrogen (secondary N) is 1. The molecule has 0 saturated carbocycles. The second kappa shape index (κ2) is 7.43. The van der Waals surface area contributed by atoms with Crippen LogP contribution in [-0.2, 0) is 0 Å². The number of carbonyl (C=O) groups excluding carboxylic acids is 1. The number of amides is 1. The Labute approximate surface area is 126 Å². The second-order valence-corrected chi connectivity index (χ2v) is 5.79. The van der Waals surface area contributed by atoms with E-state index < -0.39 is 0 Å². The summed E-state index contributed by atoms with van der Waals surface area (Å²) in [6, 6.07) is 4.96. The molecule has 1 aromatic rings. The van der Waals surface area contributed by atoms with Crippen LogP contribution in [0.2, 0.25) is 0 Å². The van der Waals surface area contributed by atoms with E-state index in [1.54, 1.807) is 12.1 Å². The molecule has 2 rings (SSSR count). The molecule has 3 nitrogen and oxygen atoms in total. The Morgan fingerprint density at radius 1 is 1.38 bits per heavy atom. The topological polar surface area (TPSA) is 32.3 Å². The quantitative estimate of drug-likeness (QED) is 0.908. The van der Waals surface area contributed by atoms with Crippen LogP contribution in [0.3, 0.4) is 0 Å². The summed E-state index contributed by atoms with van der Waals surface area (Å²) in [5.41, 5.74) is 0.804. The first-order chi connectivity index (χ1) is 10.1. The number of likely N-dealkylation sites (tertiary alicyclic amines) is 1. The monoisotopic (exact) mass is 292 g/mol. The normalized spacial score (nSPS) is 19.2. The molecule has 1 N–H and O–H groups in total. The van der Waals surface area contributed by atoms with Crippen molar-refractivity contribution in [3.05, 3.63) is 29.6 Å². The van der Waals surface area contributed by atoms with Gasteiger partial charge in [0.15, 0.2) is 0 Å². The van der Waals surface area contributed by atoms with E-state index in [0.29, 0.717) is 17.8 Å². The number of nitrogens with zero attached hydrogens (tertiary/aromatic N) is 1. The van der Waals surface area contributed by atoms with Gasteiger partial charge in [-0.05, 0) is 38.3 Å². The number of hydrogen-bond donors (Lipinski definition) is 1. The van der Waals surface area contributed by atoms with Crippen molar-refractivity contribution in [2.24, 2.45) is 0 Å². The fraction of sp³-hybridized carbons (Fsp3) is 0.588. The summed E-state index contributed by atoms with van der Waals surface area (Å²) >= 11 is 0. The van der Waals surface area contributed by atoms with Gasteiger partial charge < -0.3 is 10.2 Å². The van der Waals surface area contributed by atoms with E-state index >= 15 is 0 Å². The molecule has 21 heavy (non-hydrogen) atoms. The lowest BCUT2D eigenvalue weighted by atomic mass is 10.1. The van der Waals surface area contributed by atoms with E-state index in [2.05, 4.69) is 12.2 Å². The van der Waals surface area contributed by atoms with Gasteiger partial charge >= 0.3 is 0 Å². The van der Waals surface area contributed by atoms with Crippen LogP contribution in [0.15, 0.2) is 18.2 Å². The molecule has 0 radical (unpaired) electrons. The summed E-state index contributed by atoms with van der Waals surface area (Å²) in [4.78, 5) is 14.7. The molecule has 1 unspecified atom stereocenters. The number of halogens is 1. The highest BCUT2D eigenvalue weighted by molar-refractivity contribution is 6.00. The molecule has 4 heteroatoms. The number of rotatable bonds is 4. The minimum Gasteiger partial charge on any atom is -0.382 e. The Morgan fingerprint density at radius 3 is 2.95 bits per heavy atom. The average Bonchev–Trinajstić information content (AvgIpc) is 2.69. The first-order valence-electron chi connectivity index (χ1n) is 7.98. The van der Waals surface area contributed by atoms with Crippen LogP contribution in [0.1, 0.15) is 56.3 Å². The van der Waals surface area contributed by atoms with Crippen molar-refractivity contribution in [1.29, 1.82) is 0 Å². The fourth-order valence-corrected chi connectivity index (χ4v) is 2.86. The van der Waals surface area contributed by atoms with Crippen LogP contribution in [-0.4, -0.2) is 29.9 Å². The van der Waals surface area contributed by atoms with Crippen LogP contribution >= 0.6 is 0 Å². The predicted octanol–water partition coefficient (Wildman–Crippen LogP) is 4.05. The third kappa shape index (κ3) is 3.74. The van der Waals surface area contributed by atoms with Gasteiger partial charge in [-0.2, -0.15) is 0 Å². The lowest BCUT2D eigenvalue weighted by Gasteiger charge is -2.28. The maximum Gasteiger partial charge on any atom is 0.256 e. The van der Waals surface area contributed by atoms with E-state index in [0.717, 1.165) is 38.6 Å². The van der Waals surface area contributed by atoms with Gasteiger partial charge in [-0.3, -0.25) is 4.79 Å². The Kier molecular flexibility index (Phi) is 5.59. The van der Waals surface area contributed by atoms with Crippen molar-refractivity contribution >= 4 is 11.6 Å². The summed E-state index contributed by atoms with van der Waals surface area (Å²) < 4.78 is 14.0. The lowest BCUT2D eigenvalue weighted by Crippen LogP contribution is -2.38. The van der Waals surface area contributed by atoms with Gasteiger partial charge in [-0.15, -0.1) is 0 Å². The summed E-state index contributed by atoms with van der Waals surface area (Å²) in [6.45, 7) is 5.54. The predicted molar refractivity (Wildman–Crippen MR) is 84.1 cm³/mol. The van der Waals surface area contributed by atoms with Crippen molar-refractivity contribution in [1.82, 2.24) is 4.90 Å². The molecular weight excluding hydrogens is 267 g/mol. The summed E-state index contributed by atoms with van der Waals surface area (Å²) in [7, 11) is 0. The van der Waals surface area contributed by atoms with Gasteiger partial charge in [-0.25, -0.2) is 4.39 Å². The highest BCUT2D eigenvalue weighted by atomic mass is 19.1. The molecular formula is C17H25FN2O. The zero-order valence-electron chi connectivity index (χ0n) is 13.0. The standard InChI is InChI=1S/C17H25FN2O/c1-3-11-19-16-14(9-7-10-15(16)18)17(21)20-12-6-4-5-8-13(20)2/h7,9-10,13,19H,3-6,8,11-12H2,1-2H3. The van der Waals surface area contributed by atoms with Crippen molar-refractivity contribution in [2.75, 3.05) is 18.4 Å². The first kappa shape index (κ1) is 15.8. The van der Waals surface area contributed by atoms with E-state index in [9.17, 15) is 9.18 Å². The van der Waals surface area contributed by atoms with E-state index in [1.807, 2.05) is 11.8 Å². The molecule has 1 heterocycles. The van der Waals surface area contributed by atoms with Crippen LogP contribution in [0.25, 0.3) is 0 Å². The minimum absolute atomic E-state index is 0.0532. The highest BCUT2D eigenvalue weighted by Gasteiger charge is 2.25. The molecule has 116 valence electrons. The second-order valence-electron chi connectivity index (χ2n) is 5.79. The molecule has 0 aromatic heterocycles. The fourth-order valence-electron chi connectivity index (χ4n) is 2.86. The number of para-hydroxylation sites is 1. The number of hydrogen-bond acceptors (Lipinski definition) is 2. The maximum atomic E-state index is 14.0. The van der Waals surface area contributed by atoms with Gasteiger partial charge in [-0.1, -0.05) is 25.8 Å². The molecule has 1 aliphatic rings. The van der Waals surface area contributed by atoms with Crippen LogP contribution < -0.4 is 5.32 Å². The zero-order chi connectivity index (χ0) is 15.2. The van der Waals surface area contributed by atoms with Crippen molar-refractivity contribution < 1.29 is 9.18 Å². The van der Waals surface area contributed by atoms with Crippen LogP contribution in [0, 0.1) is 5.82 Å². The number of anilines is 1. The molecule has 0 aliphatic carbocycles. The lowest BCUT2D eigenvalue weighted by molar-refractivity contribution is 0.0698. The van der Waals surface area contributed by atoms with Gasteiger partial charge in [0, 0.05) is 19.1 Å². The molecule has 1 saturated heterocycles. The van der Waals surface area contributed by atoms with Gasteiger partial charge in [0.2, 0.25) is 0 Å². The number of benzene rings is 1. The first-order valence-corrected chi connectivity index (χ1v) is 7.98.